The van der Waals surface area contributed by atoms with Crippen LogP contribution < -0.4 is 5.32 Å². The lowest BCUT2D eigenvalue weighted by Gasteiger charge is -2.03. The molecule has 0 saturated heterocycles. The number of nitrogens with one attached hydrogen (secondary N) is 1. The molecule has 1 N–H and O–H groups in total. The smallest absolute Gasteiger partial charge is 0.265 e. The van der Waals surface area contributed by atoms with Crippen molar-refractivity contribution < 1.29 is 13.6 Å². The molecule has 5 nitrogen and oxygen atoms in total. The molecule has 0 aliphatic heterocycles. The number of aryl methyl sites for hydroxylation is 1. The van der Waals surface area contributed by atoms with Crippen molar-refractivity contribution in [3.63, 3.8) is 0 Å². The molecule has 4 aromatic rings. The molecule has 140 valence electrons. The zero-order valence-corrected chi connectivity index (χ0v) is 15.5. The van der Waals surface area contributed by atoms with Gasteiger partial charge in [-0.05, 0) is 36.4 Å². The minimum absolute atomic E-state index is 0.0670. The normalized spacial score (nSPS) is 10.8. The molecule has 4 rings (SSSR count). The Morgan fingerprint density at radius 1 is 1.11 bits per heavy atom. The molecule has 3 heterocycles. The molecule has 0 atom stereocenters. The van der Waals surface area contributed by atoms with E-state index in [2.05, 4.69) is 15.4 Å². The first-order valence-corrected chi connectivity index (χ1v) is 9.14. The number of thiophene rings is 1. The number of carbonyl (C=O) groups is 1. The summed E-state index contributed by atoms with van der Waals surface area (Å²) in [7, 11) is 1.76. The Morgan fingerprint density at radius 2 is 1.93 bits per heavy atom. The van der Waals surface area contributed by atoms with Crippen LogP contribution in [0, 0.1) is 11.6 Å². The van der Waals surface area contributed by atoms with E-state index in [1.807, 2.05) is 0 Å². The van der Waals surface area contributed by atoms with E-state index < -0.39 is 11.7 Å². The number of aromatic nitrogens is 3. The average molecular weight is 396 g/mol. The van der Waals surface area contributed by atoms with Crippen LogP contribution in [-0.4, -0.2) is 20.7 Å². The Labute approximate surface area is 163 Å². The van der Waals surface area contributed by atoms with E-state index in [0.717, 1.165) is 16.8 Å². The third kappa shape index (κ3) is 3.41. The fourth-order valence-electron chi connectivity index (χ4n) is 2.76. The van der Waals surface area contributed by atoms with Gasteiger partial charge >= 0.3 is 0 Å². The van der Waals surface area contributed by atoms with Crippen LogP contribution in [0.25, 0.3) is 21.8 Å². The number of carbonyl (C=O) groups excluding carboxylic acids is 1. The van der Waals surface area contributed by atoms with Crippen LogP contribution in [0.5, 0.6) is 0 Å². The van der Waals surface area contributed by atoms with Crippen LogP contribution in [0.3, 0.4) is 0 Å². The van der Waals surface area contributed by atoms with Crippen molar-refractivity contribution in [1.29, 1.82) is 0 Å². The highest BCUT2D eigenvalue weighted by atomic mass is 32.1. The molecule has 0 aliphatic rings. The molecule has 0 bridgehead atoms. The van der Waals surface area contributed by atoms with Gasteiger partial charge in [0, 0.05) is 18.8 Å². The maximum absolute atomic E-state index is 14.0. The van der Waals surface area contributed by atoms with Gasteiger partial charge in [-0.2, -0.15) is 5.10 Å². The summed E-state index contributed by atoms with van der Waals surface area (Å²) in [5.74, 6) is -1.37. The molecule has 0 radical (unpaired) electrons. The molecule has 1 aromatic carbocycles. The van der Waals surface area contributed by atoms with E-state index in [4.69, 9.17) is 0 Å². The topological polar surface area (TPSA) is 59.8 Å². The summed E-state index contributed by atoms with van der Waals surface area (Å²) in [6.07, 6.45) is 2.44. The molecule has 28 heavy (non-hydrogen) atoms. The summed E-state index contributed by atoms with van der Waals surface area (Å²) in [6, 6.07) is 13.0. The number of hydrogen-bond acceptors (Lipinski definition) is 4. The number of nitrogens with zero attached hydrogens (tertiary/aromatic N) is 3. The zero-order chi connectivity index (χ0) is 19.7. The van der Waals surface area contributed by atoms with E-state index in [9.17, 15) is 13.6 Å². The van der Waals surface area contributed by atoms with Crippen LogP contribution in [0.4, 0.5) is 14.5 Å². The van der Waals surface area contributed by atoms with Crippen molar-refractivity contribution in [3.8, 4) is 21.8 Å². The van der Waals surface area contributed by atoms with Crippen molar-refractivity contribution in [1.82, 2.24) is 14.8 Å². The van der Waals surface area contributed by atoms with Crippen molar-refractivity contribution in [3.05, 3.63) is 77.4 Å². The van der Waals surface area contributed by atoms with Crippen molar-refractivity contribution >= 4 is 22.9 Å². The molecule has 8 heteroatoms. The summed E-state index contributed by atoms with van der Waals surface area (Å²) >= 11 is 1.24. The molecule has 0 aliphatic carbocycles. The standard InChI is InChI=1S/C20H14F2N4OS/c1-26-17(10-16(25-26)12-4-2-3-5-13(12)21)18-6-7-19(28-18)20(27)24-15-8-9-23-11-14(15)22/h2-11H,1H3,(H,23,24,27). The second-order valence-corrected chi connectivity index (χ2v) is 7.08. The van der Waals surface area contributed by atoms with E-state index >= 15 is 0 Å². The van der Waals surface area contributed by atoms with Gasteiger partial charge in [0.2, 0.25) is 0 Å². The third-order valence-corrected chi connectivity index (χ3v) is 5.24. The van der Waals surface area contributed by atoms with Gasteiger partial charge in [-0.3, -0.25) is 14.5 Å². The number of hydrogen-bond donors (Lipinski definition) is 1. The molecule has 0 saturated carbocycles. The molecular weight excluding hydrogens is 382 g/mol. The lowest BCUT2D eigenvalue weighted by molar-refractivity contribution is 0.103. The highest BCUT2D eigenvalue weighted by molar-refractivity contribution is 7.17. The van der Waals surface area contributed by atoms with Gasteiger partial charge < -0.3 is 5.32 Å². The first kappa shape index (κ1) is 18.0. The van der Waals surface area contributed by atoms with Crippen molar-refractivity contribution in [2.45, 2.75) is 0 Å². The Morgan fingerprint density at radius 3 is 2.71 bits per heavy atom. The summed E-state index contributed by atoms with van der Waals surface area (Å²) in [4.78, 5) is 17.3. The second kappa shape index (κ2) is 7.32. The summed E-state index contributed by atoms with van der Waals surface area (Å²) in [5.41, 5.74) is 1.73. The van der Waals surface area contributed by atoms with Gasteiger partial charge in [-0.1, -0.05) is 12.1 Å². The van der Waals surface area contributed by atoms with Crippen LogP contribution in [0.1, 0.15) is 9.67 Å². The summed E-state index contributed by atoms with van der Waals surface area (Å²) < 4.78 is 29.3. The number of benzene rings is 1. The van der Waals surface area contributed by atoms with E-state index in [0.29, 0.717) is 16.1 Å². The van der Waals surface area contributed by atoms with Crippen molar-refractivity contribution in [2.75, 3.05) is 5.32 Å². The number of amides is 1. The Bertz CT molecular complexity index is 1170. The number of anilines is 1. The Kier molecular flexibility index (Phi) is 4.70. The van der Waals surface area contributed by atoms with Crippen LogP contribution >= 0.6 is 11.3 Å². The fraction of sp³-hybridized carbons (Fsp3) is 0.0500. The number of pyridine rings is 1. The van der Waals surface area contributed by atoms with E-state index in [1.54, 1.807) is 48.1 Å². The van der Waals surface area contributed by atoms with E-state index in [-0.39, 0.29) is 11.5 Å². The number of halogens is 2. The summed E-state index contributed by atoms with van der Waals surface area (Å²) in [5, 5.41) is 6.91. The predicted octanol–water partition coefficient (Wildman–Crippen LogP) is 4.74. The maximum atomic E-state index is 14.0. The molecule has 1 amide bonds. The fourth-order valence-corrected chi connectivity index (χ4v) is 3.70. The first-order valence-electron chi connectivity index (χ1n) is 8.33. The molecule has 0 spiro atoms. The minimum atomic E-state index is -0.603. The SMILES string of the molecule is Cn1nc(-c2ccccc2F)cc1-c1ccc(C(=O)Nc2ccncc2F)s1. The Balaban J connectivity index is 1.60. The quantitative estimate of drug-likeness (QED) is 0.542. The maximum Gasteiger partial charge on any atom is 0.265 e. The minimum Gasteiger partial charge on any atom is -0.319 e. The van der Waals surface area contributed by atoms with Crippen LogP contribution in [0.15, 0.2) is 60.9 Å². The molecule has 0 fully saturated rings. The van der Waals surface area contributed by atoms with Gasteiger partial charge in [0.15, 0.2) is 5.82 Å². The van der Waals surface area contributed by atoms with Gasteiger partial charge in [0.05, 0.1) is 33.0 Å². The predicted molar refractivity (Wildman–Crippen MR) is 104 cm³/mol. The van der Waals surface area contributed by atoms with Gasteiger partial charge in [0.25, 0.3) is 5.91 Å². The highest BCUT2D eigenvalue weighted by Gasteiger charge is 2.16. The molecule has 0 unspecified atom stereocenters. The van der Waals surface area contributed by atoms with Crippen LogP contribution in [0.2, 0.25) is 0 Å². The Hall–Kier alpha value is -3.39. The third-order valence-electron chi connectivity index (χ3n) is 4.13. The van der Waals surface area contributed by atoms with Gasteiger partial charge in [-0.15, -0.1) is 11.3 Å². The monoisotopic (exact) mass is 396 g/mol. The van der Waals surface area contributed by atoms with Crippen LogP contribution in [-0.2, 0) is 7.05 Å². The lowest BCUT2D eigenvalue weighted by atomic mass is 10.1. The number of rotatable bonds is 4. The van der Waals surface area contributed by atoms with E-state index in [1.165, 1.54) is 29.7 Å². The first-order chi connectivity index (χ1) is 13.5. The summed E-state index contributed by atoms with van der Waals surface area (Å²) in [6.45, 7) is 0. The van der Waals surface area contributed by atoms with Gasteiger partial charge in [0.1, 0.15) is 5.82 Å². The molecular formula is C20H14F2N4OS. The average Bonchev–Trinajstić information content (AvgIpc) is 3.31. The molecule has 3 aromatic heterocycles. The second-order valence-electron chi connectivity index (χ2n) is 5.99. The van der Waals surface area contributed by atoms with Crippen molar-refractivity contribution in [2.24, 2.45) is 7.05 Å². The largest absolute Gasteiger partial charge is 0.319 e. The highest BCUT2D eigenvalue weighted by Crippen LogP contribution is 2.32. The lowest BCUT2D eigenvalue weighted by Crippen LogP contribution is -2.11. The van der Waals surface area contributed by atoms with Gasteiger partial charge in [-0.25, -0.2) is 8.78 Å². The zero-order valence-electron chi connectivity index (χ0n) is 14.7.